The molecule has 0 bridgehead atoms. The highest BCUT2D eigenvalue weighted by Crippen LogP contribution is 2.31. The lowest BCUT2D eigenvalue weighted by molar-refractivity contribution is -0.0402. The Kier molecular flexibility index (Phi) is 4.63. The van der Waals surface area contributed by atoms with Crippen molar-refractivity contribution in [1.82, 2.24) is 30.0 Å². The zero-order valence-corrected chi connectivity index (χ0v) is 15.1. The Balaban J connectivity index is 1.56. The van der Waals surface area contributed by atoms with Crippen LogP contribution < -0.4 is 10.2 Å². The van der Waals surface area contributed by atoms with Crippen LogP contribution in [-0.4, -0.2) is 61.9 Å². The van der Waals surface area contributed by atoms with E-state index >= 15 is 0 Å². The molecular weight excluding hydrogens is 368 g/mol. The van der Waals surface area contributed by atoms with Crippen LogP contribution in [0.4, 0.5) is 14.6 Å². The predicted molar refractivity (Wildman–Crippen MR) is 98.7 cm³/mol. The van der Waals surface area contributed by atoms with Gasteiger partial charge < -0.3 is 19.9 Å². The number of hydrogen-bond donors (Lipinski definition) is 2. The van der Waals surface area contributed by atoms with E-state index in [0.29, 0.717) is 18.5 Å². The third-order valence-electron chi connectivity index (χ3n) is 4.85. The number of rotatable bonds is 4. The van der Waals surface area contributed by atoms with Gasteiger partial charge in [-0.05, 0) is 25.1 Å². The molecule has 3 heterocycles. The van der Waals surface area contributed by atoms with Crippen molar-refractivity contribution >= 4 is 5.82 Å². The van der Waals surface area contributed by atoms with Crippen LogP contribution in [0, 0.1) is 0 Å². The van der Waals surface area contributed by atoms with Gasteiger partial charge in [-0.1, -0.05) is 0 Å². The first-order valence-corrected chi connectivity index (χ1v) is 8.78. The third-order valence-corrected chi connectivity index (χ3v) is 4.85. The van der Waals surface area contributed by atoms with Crippen LogP contribution in [0.25, 0.3) is 17.1 Å². The predicted octanol–water partition coefficient (Wildman–Crippen LogP) is 1.86. The Morgan fingerprint density at radius 2 is 2.18 bits per heavy atom. The fourth-order valence-corrected chi connectivity index (χ4v) is 3.30. The normalized spacial score (nSPS) is 18.8. The molecule has 28 heavy (non-hydrogen) atoms. The summed E-state index contributed by atoms with van der Waals surface area (Å²) in [6.45, 7) is 0.152. The average Bonchev–Trinajstić information content (AvgIpc) is 3.22. The summed E-state index contributed by atoms with van der Waals surface area (Å²) in [5.74, 6) is -2.41. The van der Waals surface area contributed by atoms with Gasteiger partial charge in [-0.2, -0.15) is 0 Å². The molecule has 0 saturated carbocycles. The summed E-state index contributed by atoms with van der Waals surface area (Å²) in [5, 5.41) is 21.1. The van der Waals surface area contributed by atoms with Gasteiger partial charge in [0.05, 0.1) is 36.4 Å². The number of nitrogens with zero attached hydrogens (tertiary/aromatic N) is 6. The van der Waals surface area contributed by atoms with Gasteiger partial charge >= 0.3 is 0 Å². The molecule has 4 rings (SSSR count). The topological polar surface area (TPSA) is 92.0 Å². The van der Waals surface area contributed by atoms with E-state index in [-0.39, 0.29) is 23.9 Å². The first kappa shape index (κ1) is 18.2. The number of anilines is 1. The van der Waals surface area contributed by atoms with Crippen molar-refractivity contribution < 1.29 is 13.9 Å². The van der Waals surface area contributed by atoms with Crippen LogP contribution in [0.3, 0.4) is 0 Å². The standard InChI is InChI=1S/C18H19F2N7O/c1-26(15-4-5-21-10-18(15,19)20)16-9-23-17(25-24-16)13-3-2-12(8-14(13)28)27-7-6-22-11-27/h2-3,6-9,11,15,21,28H,4-5,10H2,1H3. The molecule has 1 atom stereocenters. The summed E-state index contributed by atoms with van der Waals surface area (Å²) in [7, 11) is 1.56. The van der Waals surface area contributed by atoms with E-state index in [9.17, 15) is 13.9 Å². The Labute approximate surface area is 159 Å². The number of imidazole rings is 1. The molecule has 1 aliphatic heterocycles. The number of halogens is 2. The van der Waals surface area contributed by atoms with Gasteiger partial charge in [0.1, 0.15) is 5.75 Å². The summed E-state index contributed by atoms with van der Waals surface area (Å²) in [6.07, 6.45) is 6.70. The molecule has 0 amide bonds. The highest BCUT2D eigenvalue weighted by Gasteiger charge is 2.44. The van der Waals surface area contributed by atoms with Crippen molar-refractivity contribution in [1.29, 1.82) is 0 Å². The zero-order valence-electron chi connectivity index (χ0n) is 15.1. The van der Waals surface area contributed by atoms with Gasteiger partial charge in [-0.15, -0.1) is 10.2 Å². The molecule has 1 unspecified atom stereocenters. The Hall–Kier alpha value is -3.14. The van der Waals surface area contributed by atoms with Crippen molar-refractivity contribution in [3.63, 3.8) is 0 Å². The molecule has 1 saturated heterocycles. The highest BCUT2D eigenvalue weighted by atomic mass is 19.3. The lowest BCUT2D eigenvalue weighted by atomic mass is 10.0. The third kappa shape index (κ3) is 3.38. The van der Waals surface area contributed by atoms with Crippen molar-refractivity contribution in [3.8, 4) is 22.8 Å². The molecule has 8 nitrogen and oxygen atoms in total. The Morgan fingerprint density at radius 3 is 2.82 bits per heavy atom. The van der Waals surface area contributed by atoms with Crippen molar-refractivity contribution in [3.05, 3.63) is 43.1 Å². The maximum Gasteiger partial charge on any atom is 0.280 e. The number of aromatic hydroxyl groups is 1. The molecule has 0 spiro atoms. The van der Waals surface area contributed by atoms with E-state index < -0.39 is 12.0 Å². The summed E-state index contributed by atoms with van der Waals surface area (Å²) in [4.78, 5) is 9.59. The van der Waals surface area contributed by atoms with E-state index in [1.807, 2.05) is 0 Å². The maximum atomic E-state index is 14.1. The van der Waals surface area contributed by atoms with Gasteiger partial charge in [-0.3, -0.25) is 0 Å². The van der Waals surface area contributed by atoms with Crippen molar-refractivity contribution in [2.75, 3.05) is 25.0 Å². The van der Waals surface area contributed by atoms with Gasteiger partial charge in [-0.25, -0.2) is 18.7 Å². The van der Waals surface area contributed by atoms with Crippen LogP contribution in [0.2, 0.25) is 0 Å². The minimum Gasteiger partial charge on any atom is -0.507 e. The quantitative estimate of drug-likeness (QED) is 0.706. The fraction of sp³-hybridized carbons (Fsp3) is 0.333. The molecule has 1 fully saturated rings. The van der Waals surface area contributed by atoms with Gasteiger partial charge in [0.15, 0.2) is 11.6 Å². The maximum absolute atomic E-state index is 14.1. The summed E-state index contributed by atoms with van der Waals surface area (Å²) >= 11 is 0. The van der Waals surface area contributed by atoms with Crippen LogP contribution in [0.5, 0.6) is 5.75 Å². The monoisotopic (exact) mass is 387 g/mol. The molecule has 3 aromatic rings. The summed E-state index contributed by atoms with van der Waals surface area (Å²) < 4.78 is 30.0. The molecule has 1 aromatic carbocycles. The minimum atomic E-state index is -2.87. The van der Waals surface area contributed by atoms with Crippen molar-refractivity contribution in [2.24, 2.45) is 0 Å². The number of alkyl halides is 2. The number of phenolic OH excluding ortho intramolecular Hbond substituents is 1. The highest BCUT2D eigenvalue weighted by molar-refractivity contribution is 5.66. The average molecular weight is 387 g/mol. The molecule has 2 aromatic heterocycles. The van der Waals surface area contributed by atoms with Gasteiger partial charge in [0, 0.05) is 25.5 Å². The van der Waals surface area contributed by atoms with Crippen LogP contribution in [0.15, 0.2) is 43.1 Å². The molecule has 10 heteroatoms. The van der Waals surface area contributed by atoms with E-state index in [4.69, 9.17) is 0 Å². The Bertz CT molecular complexity index is 947. The first-order valence-electron chi connectivity index (χ1n) is 8.78. The number of benzene rings is 1. The number of hydrogen-bond acceptors (Lipinski definition) is 7. The molecule has 0 aliphatic carbocycles. The van der Waals surface area contributed by atoms with E-state index in [1.165, 1.54) is 11.1 Å². The summed E-state index contributed by atoms with van der Waals surface area (Å²) in [5.41, 5.74) is 1.13. The largest absolute Gasteiger partial charge is 0.507 e. The minimum absolute atomic E-state index is 0.0148. The van der Waals surface area contributed by atoms with Gasteiger partial charge in [0.2, 0.25) is 0 Å². The van der Waals surface area contributed by atoms with E-state index in [1.54, 1.807) is 48.5 Å². The molecular formula is C18H19F2N7O. The first-order chi connectivity index (χ1) is 13.5. The SMILES string of the molecule is CN(c1cnc(-c2ccc(-n3ccnc3)cc2O)nn1)C1CCNCC1(F)F. The van der Waals surface area contributed by atoms with Crippen LogP contribution >= 0.6 is 0 Å². The van der Waals surface area contributed by atoms with Crippen LogP contribution in [0.1, 0.15) is 6.42 Å². The van der Waals surface area contributed by atoms with Gasteiger partial charge in [0.25, 0.3) is 5.92 Å². The van der Waals surface area contributed by atoms with E-state index in [2.05, 4.69) is 25.5 Å². The zero-order chi connectivity index (χ0) is 19.7. The summed E-state index contributed by atoms with van der Waals surface area (Å²) in [6, 6.07) is 4.05. The number of piperidine rings is 1. The smallest absolute Gasteiger partial charge is 0.280 e. The lowest BCUT2D eigenvalue weighted by Crippen LogP contribution is -2.56. The number of nitrogens with one attached hydrogen (secondary N) is 1. The number of phenols is 1. The molecule has 0 radical (unpaired) electrons. The second-order valence-corrected chi connectivity index (χ2v) is 6.66. The van der Waals surface area contributed by atoms with Crippen LogP contribution in [-0.2, 0) is 0 Å². The van der Waals surface area contributed by atoms with Crippen molar-refractivity contribution in [2.45, 2.75) is 18.4 Å². The lowest BCUT2D eigenvalue weighted by Gasteiger charge is -2.38. The molecule has 146 valence electrons. The Morgan fingerprint density at radius 1 is 1.32 bits per heavy atom. The fourth-order valence-electron chi connectivity index (χ4n) is 3.30. The molecule has 1 aliphatic rings. The number of aromatic nitrogens is 5. The van der Waals surface area contributed by atoms with E-state index in [0.717, 1.165) is 5.69 Å². The molecule has 2 N–H and O–H groups in total. The second kappa shape index (κ2) is 7.12. The second-order valence-electron chi connectivity index (χ2n) is 6.66.